The van der Waals surface area contributed by atoms with Crippen molar-refractivity contribution in [3.8, 4) is 0 Å². The van der Waals surface area contributed by atoms with Crippen LogP contribution >= 0.6 is 75.8 Å². The van der Waals surface area contributed by atoms with Crippen molar-refractivity contribution in [2.45, 2.75) is 94.8 Å². The zero-order chi connectivity index (χ0) is 31.1. The average Bonchev–Trinajstić information content (AvgIpc) is 2.94. The van der Waals surface area contributed by atoms with Gasteiger partial charge in [0.2, 0.25) is 0 Å². The Morgan fingerprint density at radius 1 is 0.475 bits per heavy atom. The largest absolute Gasteiger partial charge is 0.465 e. The molecule has 0 rings (SSSR count). The molecule has 40 heavy (non-hydrogen) atoms. The Bertz CT molecular complexity index is 460. The van der Waals surface area contributed by atoms with Crippen LogP contribution in [-0.2, 0) is 28.6 Å². The number of rotatable bonds is 22. The monoisotopic (exact) mass is 787 g/mol. The minimum atomic E-state index is -0.195. The van der Waals surface area contributed by atoms with Crippen LogP contribution in [0.3, 0.4) is 0 Å². The summed E-state index contributed by atoms with van der Waals surface area (Å²) in [5, 5.41) is 0. The second-order valence-corrected chi connectivity index (χ2v) is 12.3. The molecule has 0 aliphatic heterocycles. The number of carbonyl (C=O) groups excluding carboxylic acids is 3. The molecule has 0 bridgehead atoms. The second-order valence-electron chi connectivity index (χ2n) is 8.19. The molecule has 13 heteroatoms. The molecule has 3 radical (unpaired) electrons. The smallest absolute Gasteiger partial charge is 0.306 e. The minimum absolute atomic E-state index is 0.195. The quantitative estimate of drug-likeness (QED) is 0.0238. The van der Waals surface area contributed by atoms with Gasteiger partial charge in [-0.3, -0.25) is 14.4 Å². The molecular weight excluding hydrogens is 731 g/mol. The van der Waals surface area contributed by atoms with Crippen molar-refractivity contribution in [1.82, 2.24) is 0 Å². The van der Waals surface area contributed by atoms with E-state index >= 15 is 0 Å². The van der Waals surface area contributed by atoms with Crippen LogP contribution in [0.4, 0.5) is 0 Å². The molecule has 0 saturated carbocycles. The third-order valence-corrected chi connectivity index (χ3v) is 6.77. The molecule has 6 nitrogen and oxygen atoms in total. The maximum atomic E-state index is 10.5. The molecule has 239 valence electrons. The van der Waals surface area contributed by atoms with Gasteiger partial charge in [-0.1, -0.05) is 0 Å². The molecule has 0 fully saturated rings. The fraction of sp³-hybridized carbons (Fsp3) is 0.889. The Kier molecular flexibility index (Phi) is 57.0. The van der Waals surface area contributed by atoms with Crippen LogP contribution in [0.25, 0.3) is 0 Å². The van der Waals surface area contributed by atoms with E-state index in [1.807, 2.05) is 0 Å². The van der Waals surface area contributed by atoms with E-state index in [0.29, 0.717) is 73.6 Å². The van der Waals surface area contributed by atoms with Gasteiger partial charge in [0, 0.05) is 34.5 Å². The molecule has 0 unspecified atom stereocenters. The Morgan fingerprint density at radius 3 is 0.975 bits per heavy atom. The summed E-state index contributed by atoms with van der Waals surface area (Å²) in [7, 11) is 0. The maximum absolute atomic E-state index is 10.5. The first-order valence-electron chi connectivity index (χ1n) is 14.1. The Labute approximate surface area is 291 Å². The molecule has 0 aromatic carbocycles. The van der Waals surface area contributed by atoms with E-state index in [1.165, 1.54) is 68.6 Å². The van der Waals surface area contributed by atoms with Gasteiger partial charge in [0.25, 0.3) is 0 Å². The van der Waals surface area contributed by atoms with Gasteiger partial charge in [-0.2, -0.15) is 75.8 Å². The summed E-state index contributed by atoms with van der Waals surface area (Å²) in [6.07, 6.45) is 15.8. The summed E-state index contributed by atoms with van der Waals surface area (Å²) in [5.74, 6) is 2.80. The van der Waals surface area contributed by atoms with Gasteiger partial charge in [0.15, 0.2) is 0 Å². The van der Waals surface area contributed by atoms with Gasteiger partial charge < -0.3 is 14.2 Å². The summed E-state index contributed by atoms with van der Waals surface area (Å²) in [5.41, 5.74) is 0. The number of unbranched alkanes of at least 4 members (excludes halogenated alkanes) is 9. The van der Waals surface area contributed by atoms with Crippen LogP contribution in [0.15, 0.2) is 0 Å². The summed E-state index contributed by atoms with van der Waals surface area (Å²) in [4.78, 5) is 31.5. The fourth-order valence-electron chi connectivity index (χ4n) is 2.58. The van der Waals surface area contributed by atoms with Crippen LogP contribution in [0.1, 0.15) is 90.4 Å². The molecule has 0 heterocycles. The van der Waals surface area contributed by atoms with Crippen molar-refractivity contribution >= 4 is 116 Å². The average molecular weight is 787 g/mol. The van der Waals surface area contributed by atoms with Crippen molar-refractivity contribution in [1.29, 1.82) is 0 Å². The van der Waals surface area contributed by atoms with Crippen LogP contribution in [0, 0.1) is 0 Å². The Balaban J connectivity index is -0.000000219. The number of esters is 3. The number of hydrogen-bond acceptors (Lipinski definition) is 12. The molecule has 0 aliphatic carbocycles. The third-order valence-electron chi connectivity index (χ3n) is 4.54. The fourth-order valence-corrected chi connectivity index (χ4v) is 4.12. The first-order chi connectivity index (χ1) is 19.3. The normalized spacial score (nSPS) is 9.60. The van der Waals surface area contributed by atoms with Crippen molar-refractivity contribution in [2.24, 2.45) is 0 Å². The van der Waals surface area contributed by atoms with Crippen molar-refractivity contribution < 1.29 is 28.6 Å². The number of carbonyl (C=O) groups is 3. The summed E-state index contributed by atoms with van der Waals surface area (Å²) >= 11 is 24.9. The van der Waals surface area contributed by atoms with Gasteiger partial charge in [0.1, 0.15) is 19.8 Å². The van der Waals surface area contributed by atoms with E-state index < -0.39 is 0 Å². The summed E-state index contributed by atoms with van der Waals surface area (Å²) in [6, 6.07) is 0. The van der Waals surface area contributed by atoms with Crippen LogP contribution in [0.5, 0.6) is 0 Å². The first-order valence-corrected chi connectivity index (χ1v) is 19.9. The van der Waals surface area contributed by atoms with E-state index in [2.05, 4.69) is 96.9 Å². The molecule has 0 aliphatic rings. The SMILES string of the molecule is CCCCCCCCCCC[CH2][Sn].O=C(CCS)OCCS.O=C(CCS)OCCS.O=C(CCS)OCCS. The van der Waals surface area contributed by atoms with Gasteiger partial charge in [-0.15, -0.1) is 0 Å². The number of thiol groups is 6. The van der Waals surface area contributed by atoms with E-state index in [9.17, 15) is 14.4 Å². The van der Waals surface area contributed by atoms with Crippen LogP contribution in [0.2, 0.25) is 4.44 Å². The minimum Gasteiger partial charge on any atom is -0.465 e. The summed E-state index contributed by atoms with van der Waals surface area (Å²) < 4.78 is 15.5. The number of hydrogen-bond donors (Lipinski definition) is 6. The molecule has 0 aromatic heterocycles. The molecule has 0 N–H and O–H groups in total. The van der Waals surface area contributed by atoms with Gasteiger partial charge in [0.05, 0.1) is 19.3 Å². The van der Waals surface area contributed by atoms with Gasteiger partial charge >= 0.3 is 116 Å². The molecule has 0 saturated heterocycles. The molecular formula is C27H55O6S6Sn. The molecule has 0 spiro atoms. The molecule has 0 atom stereocenters. The van der Waals surface area contributed by atoms with Gasteiger partial charge in [-0.05, 0) is 0 Å². The topological polar surface area (TPSA) is 78.9 Å². The maximum Gasteiger partial charge on any atom is 0.306 e. The zero-order valence-corrected chi connectivity index (χ0v) is 32.6. The zero-order valence-electron chi connectivity index (χ0n) is 24.4. The molecule has 0 amide bonds. The van der Waals surface area contributed by atoms with Crippen molar-refractivity contribution in [3.63, 3.8) is 0 Å². The van der Waals surface area contributed by atoms with Crippen LogP contribution < -0.4 is 0 Å². The van der Waals surface area contributed by atoms with Gasteiger partial charge in [-0.25, -0.2) is 0 Å². The predicted octanol–water partition coefficient (Wildman–Crippen LogP) is 6.83. The third kappa shape index (κ3) is 55.3. The Hall–Kier alpha value is 1.31. The Morgan fingerprint density at radius 2 is 0.750 bits per heavy atom. The van der Waals surface area contributed by atoms with E-state index in [-0.39, 0.29) is 17.9 Å². The van der Waals surface area contributed by atoms with Crippen molar-refractivity contribution in [2.75, 3.05) is 54.3 Å². The second kappa shape index (κ2) is 47.2. The van der Waals surface area contributed by atoms with E-state index in [4.69, 9.17) is 0 Å². The van der Waals surface area contributed by atoms with Crippen molar-refractivity contribution in [3.05, 3.63) is 0 Å². The standard InChI is InChI=1S/C12H25.3C5H10O2S2.Sn/c1-3-5-7-9-11-12-10-8-6-4-2;3*6-5(1-3-8)7-2-4-9;/h1,3-12H2,2H3;3*8-9H,1-4H2;. The number of ether oxygens (including phenoxy) is 3. The first kappa shape index (κ1) is 48.2. The van der Waals surface area contributed by atoms with E-state index in [1.54, 1.807) is 22.5 Å². The predicted molar refractivity (Wildman–Crippen MR) is 192 cm³/mol. The van der Waals surface area contributed by atoms with Crippen LogP contribution in [-0.4, -0.2) is 94.8 Å². The van der Waals surface area contributed by atoms with E-state index in [0.717, 1.165) is 0 Å². The summed E-state index contributed by atoms with van der Waals surface area (Å²) in [6.45, 7) is 3.48. The molecule has 0 aromatic rings.